The van der Waals surface area contributed by atoms with Gasteiger partial charge in [-0.15, -0.1) is 23.5 Å². The molecule has 3 heterocycles. The SMILES string of the molecule is COC(CN(C)C)Cn1cc(C2=C(c3c[nH]c4ccc(SC)cc34)C(=O)NC2=O)c2cc(SC)ccc21. The number of hydrogen-bond acceptors (Lipinski definition) is 6. The smallest absolute Gasteiger partial charge is 0.259 e. The van der Waals surface area contributed by atoms with Crippen molar-refractivity contribution in [3.05, 3.63) is 59.9 Å². The highest BCUT2D eigenvalue weighted by Gasteiger charge is 2.35. The number of imide groups is 1. The fraction of sp³-hybridized carbons (Fsp3) is 0.286. The Balaban J connectivity index is 1.74. The van der Waals surface area contributed by atoms with Crippen LogP contribution in [0.4, 0.5) is 0 Å². The molecule has 0 aliphatic carbocycles. The van der Waals surface area contributed by atoms with Crippen LogP contribution in [-0.4, -0.2) is 72.6 Å². The summed E-state index contributed by atoms with van der Waals surface area (Å²) in [5.74, 6) is -0.750. The van der Waals surface area contributed by atoms with Gasteiger partial charge in [-0.05, 0) is 63.0 Å². The number of amides is 2. The van der Waals surface area contributed by atoms with E-state index in [0.29, 0.717) is 17.7 Å². The van der Waals surface area contributed by atoms with Crippen LogP contribution in [0.3, 0.4) is 0 Å². The lowest BCUT2D eigenvalue weighted by Crippen LogP contribution is -2.31. The van der Waals surface area contributed by atoms with Crippen molar-refractivity contribution in [2.24, 2.45) is 0 Å². The van der Waals surface area contributed by atoms with Gasteiger partial charge in [0.2, 0.25) is 0 Å². The van der Waals surface area contributed by atoms with E-state index in [9.17, 15) is 9.59 Å². The standard InChI is InChI=1S/C28H30N4O3S2/c1-31(2)13-16(35-3)14-32-15-22(20-11-18(37-5)7-9-24(20)32)26-25(27(33)30-28(26)34)21-12-29-23-8-6-17(36-4)10-19(21)23/h6-12,15-16,29H,13-14H2,1-5H3,(H,30,33,34). The number of H-pyrrole nitrogens is 1. The van der Waals surface area contributed by atoms with Crippen LogP contribution in [0.1, 0.15) is 11.1 Å². The zero-order valence-corrected chi connectivity index (χ0v) is 23.2. The first-order valence-corrected chi connectivity index (χ1v) is 14.4. The zero-order valence-electron chi connectivity index (χ0n) is 21.5. The van der Waals surface area contributed by atoms with Gasteiger partial charge in [-0.2, -0.15) is 0 Å². The maximum atomic E-state index is 13.3. The topological polar surface area (TPSA) is 79.4 Å². The van der Waals surface area contributed by atoms with Crippen LogP contribution in [0.5, 0.6) is 0 Å². The molecule has 2 aromatic carbocycles. The highest BCUT2D eigenvalue weighted by Crippen LogP contribution is 2.39. The normalized spacial score (nSPS) is 15.0. The molecule has 4 aromatic rings. The number of thioether (sulfide) groups is 2. The molecule has 2 N–H and O–H groups in total. The fourth-order valence-electron chi connectivity index (χ4n) is 4.99. The number of aromatic nitrogens is 2. The molecule has 5 rings (SSSR count). The molecule has 0 radical (unpaired) electrons. The molecule has 0 spiro atoms. The predicted molar refractivity (Wildman–Crippen MR) is 153 cm³/mol. The number of aromatic amines is 1. The molecule has 2 amide bonds. The van der Waals surface area contributed by atoms with Crippen molar-refractivity contribution >= 4 is 68.3 Å². The summed E-state index contributed by atoms with van der Waals surface area (Å²) in [6.45, 7) is 1.38. The molecule has 1 unspecified atom stereocenters. The van der Waals surface area contributed by atoms with Crippen LogP contribution in [-0.2, 0) is 20.9 Å². The van der Waals surface area contributed by atoms with Crippen molar-refractivity contribution in [1.82, 2.24) is 19.8 Å². The Hall–Kier alpha value is -2.98. The van der Waals surface area contributed by atoms with E-state index >= 15 is 0 Å². The minimum atomic E-state index is -0.375. The minimum Gasteiger partial charge on any atom is -0.378 e. The summed E-state index contributed by atoms with van der Waals surface area (Å²) >= 11 is 3.28. The number of hydrogen-bond donors (Lipinski definition) is 2. The third-order valence-corrected chi connectivity index (χ3v) is 8.20. The van der Waals surface area contributed by atoms with Crippen molar-refractivity contribution in [3.8, 4) is 0 Å². The van der Waals surface area contributed by atoms with E-state index < -0.39 is 0 Å². The maximum Gasteiger partial charge on any atom is 0.259 e. The van der Waals surface area contributed by atoms with Gasteiger partial charge in [-0.3, -0.25) is 14.9 Å². The number of nitrogens with zero attached hydrogens (tertiary/aromatic N) is 2. The van der Waals surface area contributed by atoms with Gasteiger partial charge in [0.05, 0.1) is 23.8 Å². The van der Waals surface area contributed by atoms with Crippen LogP contribution in [0.15, 0.2) is 58.6 Å². The number of carbonyl (C=O) groups is 2. The highest BCUT2D eigenvalue weighted by molar-refractivity contribution is 7.98. The maximum absolute atomic E-state index is 13.3. The second-order valence-corrected chi connectivity index (χ2v) is 11.1. The lowest BCUT2D eigenvalue weighted by Gasteiger charge is -2.20. The molecule has 1 aliphatic heterocycles. The Morgan fingerprint density at radius 2 is 1.59 bits per heavy atom. The Morgan fingerprint density at radius 1 is 0.946 bits per heavy atom. The van der Waals surface area contributed by atoms with Gasteiger partial charge in [0.1, 0.15) is 0 Å². The Morgan fingerprint density at radius 3 is 2.24 bits per heavy atom. The summed E-state index contributed by atoms with van der Waals surface area (Å²) in [6.07, 6.45) is 7.83. The van der Waals surface area contributed by atoms with E-state index in [-0.39, 0.29) is 17.9 Å². The van der Waals surface area contributed by atoms with E-state index in [1.165, 1.54) is 0 Å². The summed E-state index contributed by atoms with van der Waals surface area (Å²) in [5.41, 5.74) is 4.21. The Bertz CT molecular complexity index is 1550. The van der Waals surface area contributed by atoms with E-state index in [2.05, 4.69) is 44.0 Å². The van der Waals surface area contributed by atoms with E-state index in [0.717, 1.165) is 49.3 Å². The molecule has 192 valence electrons. The van der Waals surface area contributed by atoms with E-state index in [1.54, 1.807) is 30.6 Å². The number of benzene rings is 2. The molecule has 0 saturated heterocycles. The quantitative estimate of drug-likeness (QED) is 0.239. The molecule has 1 aliphatic rings. The van der Waals surface area contributed by atoms with Crippen molar-refractivity contribution < 1.29 is 14.3 Å². The monoisotopic (exact) mass is 534 g/mol. The molecule has 2 aromatic heterocycles. The van der Waals surface area contributed by atoms with Crippen molar-refractivity contribution in [1.29, 1.82) is 0 Å². The average molecular weight is 535 g/mol. The molecular formula is C28H30N4O3S2. The molecule has 7 nitrogen and oxygen atoms in total. The first-order chi connectivity index (χ1) is 17.8. The molecular weight excluding hydrogens is 504 g/mol. The first-order valence-electron chi connectivity index (χ1n) is 11.9. The van der Waals surface area contributed by atoms with Gasteiger partial charge in [-0.1, -0.05) is 0 Å². The molecule has 9 heteroatoms. The summed E-state index contributed by atoms with van der Waals surface area (Å²) in [4.78, 5) is 34.1. The number of methoxy groups -OCH3 is 1. The third-order valence-electron chi connectivity index (χ3n) is 6.75. The summed E-state index contributed by atoms with van der Waals surface area (Å²) in [7, 11) is 5.76. The number of fused-ring (bicyclic) bond motifs is 2. The lowest BCUT2D eigenvalue weighted by molar-refractivity contribution is -0.122. The van der Waals surface area contributed by atoms with Crippen LogP contribution in [0.25, 0.3) is 33.0 Å². The summed E-state index contributed by atoms with van der Waals surface area (Å²) in [6, 6.07) is 12.4. The zero-order chi connectivity index (χ0) is 26.3. The summed E-state index contributed by atoms with van der Waals surface area (Å²) < 4.78 is 7.90. The van der Waals surface area contributed by atoms with Gasteiger partial charge in [0.15, 0.2) is 0 Å². The lowest BCUT2D eigenvalue weighted by atomic mass is 9.95. The van der Waals surface area contributed by atoms with Crippen molar-refractivity contribution in [2.45, 2.75) is 22.4 Å². The van der Waals surface area contributed by atoms with Crippen LogP contribution >= 0.6 is 23.5 Å². The second-order valence-electron chi connectivity index (χ2n) is 9.35. The van der Waals surface area contributed by atoms with Crippen molar-refractivity contribution in [2.75, 3.05) is 40.3 Å². The molecule has 37 heavy (non-hydrogen) atoms. The van der Waals surface area contributed by atoms with Gasteiger partial charge in [0, 0.05) is 68.8 Å². The molecule has 0 fully saturated rings. The van der Waals surface area contributed by atoms with Crippen LogP contribution in [0.2, 0.25) is 0 Å². The molecule has 1 atom stereocenters. The van der Waals surface area contributed by atoms with Crippen molar-refractivity contribution in [3.63, 3.8) is 0 Å². The molecule has 0 bridgehead atoms. The highest BCUT2D eigenvalue weighted by atomic mass is 32.2. The largest absolute Gasteiger partial charge is 0.378 e. The fourth-order valence-corrected chi connectivity index (χ4v) is 5.87. The predicted octanol–water partition coefficient (Wildman–Crippen LogP) is 4.71. The van der Waals surface area contributed by atoms with Gasteiger partial charge in [-0.25, -0.2) is 0 Å². The van der Waals surface area contributed by atoms with Crippen LogP contribution in [0, 0.1) is 0 Å². The van der Waals surface area contributed by atoms with E-state index in [4.69, 9.17) is 4.74 Å². The minimum absolute atomic E-state index is 0.0373. The third kappa shape index (κ3) is 4.72. The number of carbonyl (C=O) groups excluding carboxylic acids is 2. The number of nitrogens with one attached hydrogen (secondary N) is 2. The number of ether oxygens (including phenoxy) is 1. The van der Waals surface area contributed by atoms with Crippen LogP contribution < -0.4 is 5.32 Å². The average Bonchev–Trinajstić information content (AvgIpc) is 3.54. The van der Waals surface area contributed by atoms with E-state index in [1.807, 2.05) is 51.1 Å². The summed E-state index contributed by atoms with van der Waals surface area (Å²) in [5, 5.41) is 4.42. The Kier molecular flexibility index (Phi) is 7.22. The number of rotatable bonds is 9. The Labute approximate surface area is 224 Å². The van der Waals surface area contributed by atoms with Gasteiger partial charge in [0.25, 0.3) is 11.8 Å². The molecule has 0 saturated carbocycles. The van der Waals surface area contributed by atoms with Gasteiger partial charge < -0.3 is 19.2 Å². The number of likely N-dealkylation sites (N-methyl/N-ethyl adjacent to an activating group) is 1. The second kappa shape index (κ2) is 10.4. The van der Waals surface area contributed by atoms with Gasteiger partial charge >= 0.3 is 0 Å². The first kappa shape index (κ1) is 25.7.